The smallest absolute Gasteiger partial charge is 0.151 e. The summed E-state index contributed by atoms with van der Waals surface area (Å²) in [5.74, 6) is 1.43. The molecule has 0 aromatic carbocycles. The van der Waals surface area contributed by atoms with E-state index in [1.54, 1.807) is 11.3 Å². The lowest BCUT2D eigenvalue weighted by Gasteiger charge is -2.02. The first kappa shape index (κ1) is 19.6. The predicted octanol–water partition coefficient (Wildman–Crippen LogP) is 3.16. The molecule has 0 aliphatic rings. The topological polar surface area (TPSA) is 99.7 Å². The first-order valence-corrected chi connectivity index (χ1v) is 6.98. The van der Waals surface area contributed by atoms with Crippen molar-refractivity contribution in [3.05, 3.63) is 21.9 Å². The van der Waals surface area contributed by atoms with Crippen LogP contribution in [0.4, 0.5) is 0 Å². The second kappa shape index (κ2) is 10.2. The molecule has 0 fully saturated rings. The van der Waals surface area contributed by atoms with Crippen LogP contribution in [-0.4, -0.2) is 10.3 Å². The van der Waals surface area contributed by atoms with Crippen LogP contribution < -0.4 is 11.5 Å². The lowest BCUT2D eigenvalue weighted by Crippen LogP contribution is -2.05. The molecule has 6 N–H and O–H groups in total. The van der Waals surface area contributed by atoms with Crippen LogP contribution in [0.2, 0.25) is 0 Å². The van der Waals surface area contributed by atoms with Gasteiger partial charge in [-0.15, -0.1) is 34.0 Å². The maximum atomic E-state index is 7.12. The third kappa shape index (κ3) is 8.09. The number of thiophene rings is 1. The van der Waals surface area contributed by atoms with Gasteiger partial charge in [0.2, 0.25) is 0 Å². The average molecular weight is 422 g/mol. The molecule has 0 saturated carbocycles. The van der Waals surface area contributed by atoms with Crippen LogP contribution >= 0.6 is 68.8 Å². The highest BCUT2D eigenvalue weighted by atomic mass is 79.9. The van der Waals surface area contributed by atoms with Gasteiger partial charge in [-0.2, -0.15) is 11.3 Å². The van der Waals surface area contributed by atoms with Gasteiger partial charge in [-0.05, 0) is 21.9 Å². The van der Waals surface area contributed by atoms with Crippen LogP contribution in [0.25, 0.3) is 0 Å². The summed E-state index contributed by atoms with van der Waals surface area (Å²) in [5.41, 5.74) is 12.9. The number of nitrogens with one attached hydrogen (secondary N) is 2. The number of thioether (sulfide) groups is 2. The number of nitrogens with two attached hydrogens (primary N) is 2. The second-order valence-corrected chi connectivity index (χ2v) is 5.51. The van der Waals surface area contributed by atoms with Crippen LogP contribution in [0.5, 0.6) is 0 Å². The van der Waals surface area contributed by atoms with Crippen molar-refractivity contribution in [1.29, 1.82) is 10.8 Å². The zero-order chi connectivity index (χ0) is 11.3. The summed E-state index contributed by atoms with van der Waals surface area (Å²) in [7, 11) is 0. The van der Waals surface area contributed by atoms with E-state index < -0.39 is 0 Å². The lowest BCUT2D eigenvalue weighted by molar-refractivity contribution is 1.34. The van der Waals surface area contributed by atoms with Crippen molar-refractivity contribution in [2.24, 2.45) is 11.5 Å². The van der Waals surface area contributed by atoms with E-state index in [0.717, 1.165) is 0 Å². The highest BCUT2D eigenvalue weighted by Crippen LogP contribution is 2.24. The molecule has 0 atom stereocenters. The van der Waals surface area contributed by atoms with Gasteiger partial charge in [0.05, 0.1) is 0 Å². The molecule has 0 radical (unpaired) electrons. The number of hydrogen-bond donors (Lipinski definition) is 4. The molecule has 1 rings (SSSR count). The fourth-order valence-corrected chi connectivity index (χ4v) is 3.15. The zero-order valence-electron chi connectivity index (χ0n) is 8.76. The number of amidine groups is 2. The van der Waals surface area contributed by atoms with Crippen LogP contribution in [0.15, 0.2) is 10.8 Å². The van der Waals surface area contributed by atoms with Gasteiger partial charge in [0.1, 0.15) is 0 Å². The minimum absolute atomic E-state index is 0. The van der Waals surface area contributed by atoms with Crippen molar-refractivity contribution in [3.63, 3.8) is 0 Å². The molecule has 0 aliphatic heterocycles. The largest absolute Gasteiger partial charge is 0.379 e. The fourth-order valence-electron chi connectivity index (χ4n) is 0.914. The van der Waals surface area contributed by atoms with E-state index in [9.17, 15) is 0 Å². The number of halogens is 2. The molecule has 98 valence electrons. The third-order valence-electron chi connectivity index (χ3n) is 1.60. The van der Waals surface area contributed by atoms with Crippen molar-refractivity contribution < 1.29 is 0 Å². The Kier molecular flexibility index (Phi) is 11.8. The van der Waals surface area contributed by atoms with Gasteiger partial charge in [-0.3, -0.25) is 10.8 Å². The van der Waals surface area contributed by atoms with Gasteiger partial charge in [-0.25, -0.2) is 0 Å². The Bertz CT molecular complexity index is 337. The lowest BCUT2D eigenvalue weighted by atomic mass is 10.2. The SMILES string of the molecule is Br.Br.N=C(N)SCc1cscc1CSC(=N)N. The Morgan fingerprint density at radius 1 is 1.00 bits per heavy atom. The Morgan fingerprint density at radius 3 is 1.65 bits per heavy atom. The molecule has 0 amide bonds. The highest BCUT2D eigenvalue weighted by Gasteiger charge is 2.05. The fraction of sp³-hybridized carbons (Fsp3) is 0.250. The number of hydrogen-bond acceptors (Lipinski definition) is 5. The van der Waals surface area contributed by atoms with Crippen LogP contribution in [0, 0.1) is 10.8 Å². The van der Waals surface area contributed by atoms with Gasteiger partial charge in [-0.1, -0.05) is 23.5 Å². The first-order chi connectivity index (χ1) is 7.09. The van der Waals surface area contributed by atoms with Gasteiger partial charge in [0.15, 0.2) is 10.3 Å². The van der Waals surface area contributed by atoms with Crippen LogP contribution in [0.1, 0.15) is 11.1 Å². The average Bonchev–Trinajstić information content (AvgIpc) is 2.58. The minimum atomic E-state index is 0. The summed E-state index contributed by atoms with van der Waals surface area (Å²) in [6, 6.07) is 0. The van der Waals surface area contributed by atoms with Gasteiger partial charge in [0, 0.05) is 11.5 Å². The zero-order valence-corrected chi connectivity index (χ0v) is 14.6. The van der Waals surface area contributed by atoms with E-state index in [2.05, 4.69) is 0 Å². The predicted molar refractivity (Wildman–Crippen MR) is 91.4 cm³/mol. The molecule has 0 spiro atoms. The van der Waals surface area contributed by atoms with E-state index in [0.29, 0.717) is 11.5 Å². The van der Waals surface area contributed by atoms with Crippen molar-refractivity contribution in [2.45, 2.75) is 11.5 Å². The Labute approximate surface area is 134 Å². The Hall–Kier alpha value is 0.300. The van der Waals surface area contributed by atoms with Gasteiger partial charge < -0.3 is 11.5 Å². The Morgan fingerprint density at radius 2 is 1.35 bits per heavy atom. The van der Waals surface area contributed by atoms with Gasteiger partial charge in [0.25, 0.3) is 0 Å². The summed E-state index contributed by atoms with van der Waals surface area (Å²) >= 11 is 4.24. The normalized spacial score (nSPS) is 8.94. The molecule has 0 saturated heterocycles. The molecule has 0 unspecified atom stereocenters. The Balaban J connectivity index is 0. The molecular formula is C8H14Br2N4S3. The quantitative estimate of drug-likeness (QED) is 0.443. The van der Waals surface area contributed by atoms with Crippen LogP contribution in [0.3, 0.4) is 0 Å². The van der Waals surface area contributed by atoms with E-state index in [1.165, 1.54) is 34.7 Å². The van der Waals surface area contributed by atoms with Crippen molar-refractivity contribution in [1.82, 2.24) is 0 Å². The maximum Gasteiger partial charge on any atom is 0.151 e. The first-order valence-electron chi connectivity index (χ1n) is 4.07. The standard InChI is InChI=1S/C8H12N4S3.2BrH/c9-7(10)14-3-5-1-13-2-6(5)4-15-8(11)12;;/h1-2H,3-4H2,(H3,9,10)(H3,11,12);2*1H. The molecule has 9 heteroatoms. The van der Waals surface area contributed by atoms with E-state index in [-0.39, 0.29) is 44.3 Å². The maximum absolute atomic E-state index is 7.12. The summed E-state index contributed by atoms with van der Waals surface area (Å²) in [6.45, 7) is 0. The van der Waals surface area contributed by atoms with E-state index >= 15 is 0 Å². The summed E-state index contributed by atoms with van der Waals surface area (Å²) in [4.78, 5) is 0. The van der Waals surface area contributed by atoms with E-state index in [1.807, 2.05) is 10.8 Å². The highest BCUT2D eigenvalue weighted by molar-refractivity contribution is 8.93. The van der Waals surface area contributed by atoms with Crippen molar-refractivity contribution in [3.8, 4) is 0 Å². The molecule has 1 aromatic heterocycles. The number of rotatable bonds is 4. The molecule has 17 heavy (non-hydrogen) atoms. The third-order valence-corrected chi connectivity index (χ3v) is 3.97. The van der Waals surface area contributed by atoms with Gasteiger partial charge >= 0.3 is 0 Å². The summed E-state index contributed by atoms with van der Waals surface area (Å²) < 4.78 is 0. The molecular weight excluding hydrogens is 408 g/mol. The summed E-state index contributed by atoms with van der Waals surface area (Å²) in [5, 5.41) is 18.6. The van der Waals surface area contributed by atoms with Crippen molar-refractivity contribution in [2.75, 3.05) is 0 Å². The molecule has 1 heterocycles. The van der Waals surface area contributed by atoms with Crippen molar-refractivity contribution >= 4 is 79.2 Å². The van der Waals surface area contributed by atoms with Crippen LogP contribution in [-0.2, 0) is 11.5 Å². The molecule has 0 bridgehead atoms. The second-order valence-electron chi connectivity index (χ2n) is 2.73. The molecule has 1 aromatic rings. The van der Waals surface area contributed by atoms with E-state index in [4.69, 9.17) is 22.3 Å². The molecule has 4 nitrogen and oxygen atoms in total. The molecule has 0 aliphatic carbocycles. The monoisotopic (exact) mass is 420 g/mol. The summed E-state index contributed by atoms with van der Waals surface area (Å²) in [6.07, 6.45) is 0. The minimum Gasteiger partial charge on any atom is -0.379 e.